The second-order valence-corrected chi connectivity index (χ2v) is 6.41. The Balaban J connectivity index is 1.82. The Morgan fingerprint density at radius 1 is 1.00 bits per heavy atom. The smallest absolute Gasteiger partial charge is 0.124 e. The second-order valence-electron chi connectivity index (χ2n) is 5.56. The maximum atomic E-state index is 8.91. The summed E-state index contributed by atoms with van der Waals surface area (Å²) < 4.78 is 0. The van der Waals surface area contributed by atoms with Crippen molar-refractivity contribution in [1.82, 2.24) is 9.97 Å². The molecule has 4 rings (SSSR count). The van der Waals surface area contributed by atoms with Gasteiger partial charge in [-0.1, -0.05) is 30.3 Å². The lowest BCUT2D eigenvalue weighted by atomic mass is 10.1. The maximum Gasteiger partial charge on any atom is 0.124 e. The first kappa shape index (κ1) is 14.6. The van der Waals surface area contributed by atoms with E-state index in [0.29, 0.717) is 5.56 Å². The van der Waals surface area contributed by atoms with E-state index in [0.717, 1.165) is 38.4 Å². The Bertz CT molecular complexity index is 1070. The summed E-state index contributed by atoms with van der Waals surface area (Å²) >= 11 is 1.63. The van der Waals surface area contributed by atoms with Crippen LogP contribution in [0.15, 0.2) is 60.0 Å². The number of nitrogens with zero attached hydrogens (tertiary/aromatic N) is 3. The molecule has 2 aromatic heterocycles. The summed E-state index contributed by atoms with van der Waals surface area (Å²) in [4.78, 5) is 9.40. The summed E-state index contributed by atoms with van der Waals surface area (Å²) in [6.07, 6.45) is 0. The highest BCUT2D eigenvalue weighted by atomic mass is 32.1. The molecule has 0 bridgehead atoms. The number of hydrogen-bond acceptors (Lipinski definition) is 4. The molecule has 0 spiro atoms. The van der Waals surface area contributed by atoms with E-state index in [1.165, 1.54) is 0 Å². The summed E-state index contributed by atoms with van der Waals surface area (Å²) in [5.74, 6) is 0. The lowest BCUT2D eigenvalue weighted by Crippen LogP contribution is -1.88. The molecule has 0 aliphatic heterocycles. The Morgan fingerprint density at radius 2 is 1.79 bits per heavy atom. The lowest BCUT2D eigenvalue weighted by molar-refractivity contribution is 1.25. The quantitative estimate of drug-likeness (QED) is 0.508. The zero-order chi connectivity index (χ0) is 16.5. The van der Waals surface area contributed by atoms with E-state index in [2.05, 4.69) is 28.6 Å². The van der Waals surface area contributed by atoms with Crippen molar-refractivity contribution >= 4 is 22.2 Å². The molecule has 24 heavy (non-hydrogen) atoms. The third kappa shape index (κ3) is 2.55. The summed E-state index contributed by atoms with van der Waals surface area (Å²) in [6.45, 7) is 2.01. The number of aryl methyl sites for hydroxylation is 1. The topological polar surface area (TPSA) is 49.6 Å². The zero-order valence-corrected chi connectivity index (χ0v) is 13.8. The summed E-state index contributed by atoms with van der Waals surface area (Å²) in [7, 11) is 0. The van der Waals surface area contributed by atoms with Crippen molar-refractivity contribution in [2.45, 2.75) is 6.92 Å². The van der Waals surface area contributed by atoms with Gasteiger partial charge in [0.25, 0.3) is 0 Å². The molecule has 0 N–H and O–H groups in total. The molecular weight excluding hydrogens is 314 g/mol. The third-order valence-electron chi connectivity index (χ3n) is 3.89. The van der Waals surface area contributed by atoms with Gasteiger partial charge in [-0.3, -0.25) is 4.98 Å². The van der Waals surface area contributed by atoms with E-state index in [4.69, 9.17) is 10.2 Å². The SMILES string of the molecule is Cc1cc(-c2nc(-c3ccc(C#N)cc3)cs2)c2ccccc2n1. The van der Waals surface area contributed by atoms with E-state index in [1.54, 1.807) is 11.3 Å². The van der Waals surface area contributed by atoms with Gasteiger partial charge in [0.2, 0.25) is 0 Å². The number of pyridine rings is 1. The van der Waals surface area contributed by atoms with E-state index in [9.17, 15) is 0 Å². The monoisotopic (exact) mass is 327 g/mol. The molecule has 0 fully saturated rings. The van der Waals surface area contributed by atoms with Crippen molar-refractivity contribution in [1.29, 1.82) is 5.26 Å². The number of para-hydroxylation sites is 1. The van der Waals surface area contributed by atoms with E-state index < -0.39 is 0 Å². The van der Waals surface area contributed by atoms with Gasteiger partial charge in [-0.2, -0.15) is 5.26 Å². The minimum absolute atomic E-state index is 0.657. The minimum atomic E-state index is 0.657. The van der Waals surface area contributed by atoms with Gasteiger partial charge >= 0.3 is 0 Å². The molecule has 4 heteroatoms. The number of hydrogen-bond donors (Lipinski definition) is 0. The second kappa shape index (κ2) is 5.88. The van der Waals surface area contributed by atoms with Crippen molar-refractivity contribution in [3.8, 4) is 27.9 Å². The normalized spacial score (nSPS) is 10.7. The highest BCUT2D eigenvalue weighted by Gasteiger charge is 2.11. The van der Waals surface area contributed by atoms with Crippen molar-refractivity contribution in [3.05, 3.63) is 71.2 Å². The molecule has 0 unspecified atom stereocenters. The van der Waals surface area contributed by atoms with Crippen LogP contribution in [0.3, 0.4) is 0 Å². The van der Waals surface area contributed by atoms with Crippen LogP contribution in [0.4, 0.5) is 0 Å². The van der Waals surface area contributed by atoms with Crippen LogP contribution >= 0.6 is 11.3 Å². The van der Waals surface area contributed by atoms with Crippen LogP contribution in [-0.4, -0.2) is 9.97 Å². The van der Waals surface area contributed by atoms with Crippen molar-refractivity contribution in [2.24, 2.45) is 0 Å². The van der Waals surface area contributed by atoms with Crippen LogP contribution in [0.5, 0.6) is 0 Å². The summed E-state index contributed by atoms with van der Waals surface area (Å²) in [5.41, 5.74) is 5.69. The van der Waals surface area contributed by atoms with Crippen LogP contribution in [0.25, 0.3) is 32.7 Å². The highest BCUT2D eigenvalue weighted by molar-refractivity contribution is 7.13. The van der Waals surface area contributed by atoms with Crippen LogP contribution in [0.2, 0.25) is 0 Å². The van der Waals surface area contributed by atoms with Crippen LogP contribution in [0.1, 0.15) is 11.3 Å². The van der Waals surface area contributed by atoms with Gasteiger partial charge in [0, 0.05) is 27.6 Å². The molecule has 0 saturated heterocycles. The number of aromatic nitrogens is 2. The molecule has 0 amide bonds. The number of nitriles is 1. The molecule has 0 aliphatic carbocycles. The number of benzene rings is 2. The minimum Gasteiger partial charge on any atom is -0.253 e. The molecule has 0 saturated carbocycles. The van der Waals surface area contributed by atoms with Crippen molar-refractivity contribution < 1.29 is 0 Å². The van der Waals surface area contributed by atoms with Crippen LogP contribution < -0.4 is 0 Å². The van der Waals surface area contributed by atoms with Gasteiger partial charge in [0.15, 0.2) is 0 Å². The molecule has 0 aliphatic rings. The van der Waals surface area contributed by atoms with E-state index in [1.807, 2.05) is 49.4 Å². The third-order valence-corrected chi connectivity index (χ3v) is 4.76. The van der Waals surface area contributed by atoms with Crippen molar-refractivity contribution in [2.75, 3.05) is 0 Å². The molecular formula is C20H13N3S. The van der Waals surface area contributed by atoms with E-state index >= 15 is 0 Å². The molecule has 0 atom stereocenters. The molecule has 2 heterocycles. The average molecular weight is 327 g/mol. The molecule has 0 radical (unpaired) electrons. The zero-order valence-electron chi connectivity index (χ0n) is 13.0. The predicted octanol–water partition coefficient (Wildman–Crippen LogP) is 5.21. The van der Waals surface area contributed by atoms with Gasteiger partial charge in [-0.25, -0.2) is 4.98 Å². The van der Waals surface area contributed by atoms with Gasteiger partial charge in [0.05, 0.1) is 22.8 Å². The average Bonchev–Trinajstić information content (AvgIpc) is 3.11. The predicted molar refractivity (Wildman–Crippen MR) is 97.7 cm³/mol. The number of thiazole rings is 1. The Kier molecular flexibility index (Phi) is 3.56. The fourth-order valence-corrected chi connectivity index (χ4v) is 3.59. The number of fused-ring (bicyclic) bond motifs is 1. The van der Waals surface area contributed by atoms with Crippen molar-refractivity contribution in [3.63, 3.8) is 0 Å². The van der Waals surface area contributed by atoms with Gasteiger partial charge in [0.1, 0.15) is 5.01 Å². The first-order valence-corrected chi connectivity index (χ1v) is 8.45. The lowest BCUT2D eigenvalue weighted by Gasteiger charge is -2.05. The molecule has 2 aromatic carbocycles. The Labute approximate surface area is 143 Å². The summed E-state index contributed by atoms with van der Waals surface area (Å²) in [5, 5.41) is 13.1. The summed E-state index contributed by atoms with van der Waals surface area (Å²) in [6, 6.07) is 19.9. The highest BCUT2D eigenvalue weighted by Crippen LogP contribution is 2.33. The first-order chi connectivity index (χ1) is 11.7. The standard InChI is InChI=1S/C20H13N3S/c1-13-10-17(16-4-2-3-5-18(16)22-13)20-23-19(12-24-20)15-8-6-14(11-21)7-9-15/h2-10,12H,1H3. The van der Waals surface area contributed by atoms with E-state index in [-0.39, 0.29) is 0 Å². The van der Waals surface area contributed by atoms with Gasteiger partial charge in [-0.05, 0) is 31.2 Å². The van der Waals surface area contributed by atoms with Crippen LogP contribution in [-0.2, 0) is 0 Å². The van der Waals surface area contributed by atoms with Gasteiger partial charge < -0.3 is 0 Å². The Hall–Kier alpha value is -3.03. The Morgan fingerprint density at radius 3 is 2.58 bits per heavy atom. The fourth-order valence-electron chi connectivity index (χ4n) is 2.73. The van der Waals surface area contributed by atoms with Gasteiger partial charge in [-0.15, -0.1) is 11.3 Å². The fraction of sp³-hybridized carbons (Fsp3) is 0.0500. The maximum absolute atomic E-state index is 8.91. The molecule has 114 valence electrons. The molecule has 4 aromatic rings. The van der Waals surface area contributed by atoms with Crippen LogP contribution in [0, 0.1) is 18.3 Å². The largest absolute Gasteiger partial charge is 0.253 e. The molecule has 3 nitrogen and oxygen atoms in total. The first-order valence-electron chi connectivity index (χ1n) is 7.57. The number of rotatable bonds is 2.